The van der Waals surface area contributed by atoms with Gasteiger partial charge in [0.2, 0.25) is 0 Å². The van der Waals surface area contributed by atoms with Gasteiger partial charge in [0.05, 0.1) is 34.7 Å². The lowest BCUT2D eigenvalue weighted by atomic mass is 10.1. The number of aromatic nitrogens is 5. The standard InChI is InChI=1S/C20H28N8/c1-12(2)24-20-18(22-8-15-9-23-27(5)10-15)7-17(25-19(20)13(3)21)16-11-28(6)26-14(16)4/h7,9-12,21,24H,8H2,1-6H3,(H,22,25). The molecule has 8 nitrogen and oxygen atoms in total. The molecule has 0 aliphatic rings. The maximum atomic E-state index is 8.27. The van der Waals surface area contributed by atoms with Crippen LogP contribution in [0.15, 0.2) is 24.7 Å². The molecule has 0 bridgehead atoms. The van der Waals surface area contributed by atoms with Crippen molar-refractivity contribution in [2.45, 2.75) is 40.3 Å². The van der Waals surface area contributed by atoms with Crippen LogP contribution in [-0.2, 0) is 20.6 Å². The Morgan fingerprint density at radius 2 is 1.96 bits per heavy atom. The van der Waals surface area contributed by atoms with Crippen LogP contribution >= 0.6 is 0 Å². The lowest BCUT2D eigenvalue weighted by molar-refractivity contribution is 0.756. The first kappa shape index (κ1) is 19.6. The van der Waals surface area contributed by atoms with Gasteiger partial charge in [-0.05, 0) is 33.8 Å². The number of rotatable bonds is 7. The average molecular weight is 381 g/mol. The molecule has 0 amide bonds. The van der Waals surface area contributed by atoms with Gasteiger partial charge in [-0.25, -0.2) is 4.98 Å². The number of pyridine rings is 1. The van der Waals surface area contributed by atoms with Gasteiger partial charge < -0.3 is 16.0 Å². The predicted octanol–water partition coefficient (Wildman–Crippen LogP) is 3.34. The van der Waals surface area contributed by atoms with E-state index < -0.39 is 0 Å². The van der Waals surface area contributed by atoms with E-state index in [1.165, 1.54) is 0 Å². The van der Waals surface area contributed by atoms with Gasteiger partial charge in [-0.3, -0.25) is 9.36 Å². The van der Waals surface area contributed by atoms with Gasteiger partial charge in [0, 0.05) is 50.2 Å². The summed E-state index contributed by atoms with van der Waals surface area (Å²) in [5, 5.41) is 23.9. The first-order chi connectivity index (χ1) is 13.2. The maximum Gasteiger partial charge on any atom is 0.109 e. The van der Waals surface area contributed by atoms with Crippen molar-refractivity contribution in [3.63, 3.8) is 0 Å². The molecule has 0 saturated heterocycles. The first-order valence-corrected chi connectivity index (χ1v) is 9.33. The summed E-state index contributed by atoms with van der Waals surface area (Å²) in [4.78, 5) is 4.79. The van der Waals surface area contributed by atoms with E-state index in [1.807, 2.05) is 45.7 Å². The molecule has 0 saturated carbocycles. The Balaban J connectivity index is 2.08. The summed E-state index contributed by atoms with van der Waals surface area (Å²) in [7, 11) is 3.80. The largest absolute Gasteiger partial charge is 0.379 e. The highest BCUT2D eigenvalue weighted by Gasteiger charge is 2.18. The van der Waals surface area contributed by atoms with Crippen LogP contribution in [0.1, 0.15) is 37.7 Å². The van der Waals surface area contributed by atoms with E-state index in [0.29, 0.717) is 18.0 Å². The predicted molar refractivity (Wildman–Crippen MR) is 113 cm³/mol. The molecule has 28 heavy (non-hydrogen) atoms. The van der Waals surface area contributed by atoms with E-state index in [1.54, 1.807) is 16.3 Å². The number of nitrogens with one attached hydrogen (secondary N) is 3. The molecule has 3 N–H and O–H groups in total. The summed E-state index contributed by atoms with van der Waals surface area (Å²) >= 11 is 0. The molecule has 0 radical (unpaired) electrons. The zero-order valence-electron chi connectivity index (χ0n) is 17.3. The number of anilines is 2. The van der Waals surface area contributed by atoms with Crippen molar-refractivity contribution in [3.05, 3.63) is 41.6 Å². The molecule has 3 aromatic rings. The van der Waals surface area contributed by atoms with Gasteiger partial charge in [-0.15, -0.1) is 0 Å². The van der Waals surface area contributed by atoms with Crippen molar-refractivity contribution in [2.24, 2.45) is 14.1 Å². The fourth-order valence-corrected chi connectivity index (χ4v) is 3.14. The Morgan fingerprint density at radius 1 is 1.21 bits per heavy atom. The molecule has 0 aromatic carbocycles. The van der Waals surface area contributed by atoms with Crippen molar-refractivity contribution >= 4 is 17.1 Å². The SMILES string of the molecule is CC(=N)c1nc(-c2cn(C)nc2C)cc(NCc2cnn(C)c2)c1NC(C)C. The minimum absolute atomic E-state index is 0.213. The summed E-state index contributed by atoms with van der Waals surface area (Å²) in [6.07, 6.45) is 5.79. The third-order valence-electron chi connectivity index (χ3n) is 4.34. The molecule has 8 heteroatoms. The van der Waals surface area contributed by atoms with Crippen molar-refractivity contribution in [1.29, 1.82) is 5.41 Å². The Morgan fingerprint density at radius 3 is 2.50 bits per heavy atom. The third kappa shape index (κ3) is 4.21. The summed E-state index contributed by atoms with van der Waals surface area (Å²) in [6.45, 7) is 8.52. The van der Waals surface area contributed by atoms with E-state index in [2.05, 4.69) is 34.7 Å². The minimum atomic E-state index is 0.213. The average Bonchev–Trinajstić information content (AvgIpc) is 3.17. The molecule has 0 aliphatic heterocycles. The molecular formula is C20H28N8. The molecule has 3 heterocycles. The molecule has 0 spiro atoms. The summed E-state index contributed by atoms with van der Waals surface area (Å²) in [5.74, 6) is 0. The highest BCUT2D eigenvalue weighted by molar-refractivity contribution is 6.03. The minimum Gasteiger partial charge on any atom is -0.379 e. The van der Waals surface area contributed by atoms with Gasteiger partial charge in [-0.1, -0.05) is 0 Å². The van der Waals surface area contributed by atoms with Crippen molar-refractivity contribution in [1.82, 2.24) is 24.5 Å². The molecule has 0 aliphatic carbocycles. The van der Waals surface area contributed by atoms with Gasteiger partial charge >= 0.3 is 0 Å². The Labute approximate surface area is 165 Å². The highest BCUT2D eigenvalue weighted by Crippen LogP contribution is 2.32. The first-order valence-electron chi connectivity index (χ1n) is 9.33. The quantitative estimate of drug-likeness (QED) is 0.546. The van der Waals surface area contributed by atoms with E-state index in [4.69, 9.17) is 10.4 Å². The van der Waals surface area contributed by atoms with E-state index in [0.717, 1.165) is 33.9 Å². The summed E-state index contributed by atoms with van der Waals surface area (Å²) < 4.78 is 3.57. The van der Waals surface area contributed by atoms with Crippen LogP contribution in [0.5, 0.6) is 0 Å². The van der Waals surface area contributed by atoms with E-state index in [9.17, 15) is 0 Å². The van der Waals surface area contributed by atoms with Crippen molar-refractivity contribution < 1.29 is 0 Å². The molecule has 3 aromatic heterocycles. The van der Waals surface area contributed by atoms with Crippen LogP contribution < -0.4 is 10.6 Å². The fraction of sp³-hybridized carbons (Fsp3) is 0.400. The Hall–Kier alpha value is -3.16. The number of hydrogen-bond donors (Lipinski definition) is 3. The smallest absolute Gasteiger partial charge is 0.109 e. The zero-order chi connectivity index (χ0) is 20.4. The van der Waals surface area contributed by atoms with Crippen LogP contribution in [0.2, 0.25) is 0 Å². The van der Waals surface area contributed by atoms with Gasteiger partial charge in [0.15, 0.2) is 0 Å². The topological polar surface area (TPSA) is 96.4 Å². The fourth-order valence-electron chi connectivity index (χ4n) is 3.14. The molecular weight excluding hydrogens is 352 g/mol. The van der Waals surface area contributed by atoms with Crippen LogP contribution in [-0.4, -0.2) is 36.3 Å². The molecule has 0 fully saturated rings. The van der Waals surface area contributed by atoms with Crippen LogP contribution in [0.3, 0.4) is 0 Å². The normalized spacial score (nSPS) is 11.1. The van der Waals surface area contributed by atoms with Gasteiger partial charge in [-0.2, -0.15) is 10.2 Å². The van der Waals surface area contributed by atoms with Gasteiger partial charge in [0.25, 0.3) is 0 Å². The van der Waals surface area contributed by atoms with Crippen LogP contribution in [0, 0.1) is 12.3 Å². The highest BCUT2D eigenvalue weighted by atomic mass is 15.3. The molecule has 0 atom stereocenters. The zero-order valence-corrected chi connectivity index (χ0v) is 17.3. The van der Waals surface area contributed by atoms with Gasteiger partial charge in [0.1, 0.15) is 5.69 Å². The lowest BCUT2D eigenvalue weighted by Crippen LogP contribution is -2.17. The lowest BCUT2D eigenvalue weighted by Gasteiger charge is -2.20. The van der Waals surface area contributed by atoms with Crippen molar-refractivity contribution in [3.8, 4) is 11.3 Å². The number of hydrogen-bond acceptors (Lipinski definition) is 6. The summed E-state index contributed by atoms with van der Waals surface area (Å²) in [5.41, 5.74) is 6.57. The molecule has 3 rings (SSSR count). The second-order valence-corrected chi connectivity index (χ2v) is 7.38. The summed E-state index contributed by atoms with van der Waals surface area (Å²) in [6, 6.07) is 2.24. The van der Waals surface area contributed by atoms with Crippen LogP contribution in [0.4, 0.5) is 11.4 Å². The number of nitrogens with zero attached hydrogens (tertiary/aromatic N) is 5. The Kier molecular flexibility index (Phi) is 5.48. The number of aryl methyl sites for hydroxylation is 3. The molecule has 148 valence electrons. The van der Waals surface area contributed by atoms with E-state index >= 15 is 0 Å². The van der Waals surface area contributed by atoms with Crippen LogP contribution in [0.25, 0.3) is 11.3 Å². The second-order valence-electron chi connectivity index (χ2n) is 7.38. The Bertz CT molecular complexity index is 996. The van der Waals surface area contributed by atoms with Crippen molar-refractivity contribution in [2.75, 3.05) is 10.6 Å². The maximum absolute atomic E-state index is 8.27. The van der Waals surface area contributed by atoms with E-state index in [-0.39, 0.29) is 6.04 Å². The molecule has 0 unspecified atom stereocenters. The second kappa shape index (κ2) is 7.84. The monoisotopic (exact) mass is 380 g/mol. The third-order valence-corrected chi connectivity index (χ3v) is 4.34.